The molecule has 1 aromatic carbocycles. The second kappa shape index (κ2) is 5.64. The molecule has 0 radical (unpaired) electrons. The van der Waals surface area contributed by atoms with Gasteiger partial charge in [-0.15, -0.1) is 10.2 Å². The maximum absolute atomic E-state index is 5.35. The van der Waals surface area contributed by atoms with Crippen LogP contribution in [0.25, 0.3) is 0 Å². The van der Waals surface area contributed by atoms with Crippen molar-refractivity contribution in [3.63, 3.8) is 0 Å². The molecule has 0 saturated carbocycles. The molecule has 5 heteroatoms. The number of ether oxygens (including phenoxy) is 1. The predicted molar refractivity (Wildman–Crippen MR) is 69.3 cm³/mol. The molecule has 0 fully saturated rings. The van der Waals surface area contributed by atoms with Gasteiger partial charge in [-0.1, -0.05) is 18.2 Å². The van der Waals surface area contributed by atoms with Gasteiger partial charge in [-0.3, -0.25) is 0 Å². The van der Waals surface area contributed by atoms with Crippen molar-refractivity contribution in [3.05, 3.63) is 42.0 Å². The van der Waals surface area contributed by atoms with Crippen molar-refractivity contribution in [2.24, 2.45) is 7.05 Å². The maximum atomic E-state index is 5.35. The van der Waals surface area contributed by atoms with Crippen molar-refractivity contribution in [2.45, 2.75) is 19.5 Å². The minimum atomic E-state index is 0.192. The second-order valence-electron chi connectivity index (χ2n) is 4.20. The number of hydrogen-bond donors (Lipinski definition) is 1. The summed E-state index contributed by atoms with van der Waals surface area (Å²) in [4.78, 5) is 0. The number of para-hydroxylation sites is 1. The average Bonchev–Trinajstić information content (AvgIpc) is 2.81. The first kappa shape index (κ1) is 12.6. The molecule has 1 N–H and O–H groups in total. The van der Waals surface area contributed by atoms with Crippen LogP contribution in [0.5, 0.6) is 5.75 Å². The fourth-order valence-corrected chi connectivity index (χ4v) is 1.85. The Bertz CT molecular complexity index is 509. The lowest BCUT2D eigenvalue weighted by Crippen LogP contribution is -2.20. The van der Waals surface area contributed by atoms with Crippen molar-refractivity contribution in [1.29, 1.82) is 0 Å². The summed E-state index contributed by atoms with van der Waals surface area (Å²) in [6.07, 6.45) is 1.70. The Hall–Kier alpha value is -1.88. The Morgan fingerprint density at radius 2 is 2.17 bits per heavy atom. The number of nitrogens with zero attached hydrogens (tertiary/aromatic N) is 3. The van der Waals surface area contributed by atoms with Gasteiger partial charge in [0, 0.05) is 18.7 Å². The Labute approximate surface area is 107 Å². The molecule has 18 heavy (non-hydrogen) atoms. The van der Waals surface area contributed by atoms with E-state index in [1.165, 1.54) is 0 Å². The smallest absolute Gasteiger partial charge is 0.146 e. The average molecular weight is 246 g/mol. The number of methoxy groups -OCH3 is 1. The van der Waals surface area contributed by atoms with Crippen LogP contribution >= 0.6 is 0 Å². The van der Waals surface area contributed by atoms with Crippen molar-refractivity contribution >= 4 is 0 Å². The third-order valence-electron chi connectivity index (χ3n) is 2.98. The van der Waals surface area contributed by atoms with Crippen LogP contribution in [-0.2, 0) is 13.6 Å². The molecule has 1 heterocycles. The summed E-state index contributed by atoms with van der Waals surface area (Å²) in [5, 5.41) is 11.3. The normalized spacial score (nSPS) is 12.4. The van der Waals surface area contributed by atoms with Gasteiger partial charge in [0.1, 0.15) is 17.9 Å². The SMILES string of the molecule is COc1ccccc1C(C)NCc1nncn1C. The quantitative estimate of drug-likeness (QED) is 0.872. The Morgan fingerprint density at radius 3 is 2.83 bits per heavy atom. The zero-order valence-electron chi connectivity index (χ0n) is 10.9. The largest absolute Gasteiger partial charge is 0.496 e. The van der Waals surface area contributed by atoms with Crippen LogP contribution in [0.3, 0.4) is 0 Å². The van der Waals surface area contributed by atoms with E-state index in [1.54, 1.807) is 13.4 Å². The molecule has 1 aromatic heterocycles. The molecule has 2 aromatic rings. The predicted octanol–water partition coefficient (Wildman–Crippen LogP) is 1.67. The number of benzene rings is 1. The van der Waals surface area contributed by atoms with E-state index in [0.29, 0.717) is 6.54 Å². The molecule has 0 aliphatic heterocycles. The molecular formula is C13H18N4O. The second-order valence-corrected chi connectivity index (χ2v) is 4.20. The fraction of sp³-hybridized carbons (Fsp3) is 0.385. The minimum Gasteiger partial charge on any atom is -0.496 e. The van der Waals surface area contributed by atoms with Crippen molar-refractivity contribution in [3.8, 4) is 5.75 Å². The highest BCUT2D eigenvalue weighted by molar-refractivity contribution is 5.35. The Kier molecular flexibility index (Phi) is 3.94. The first-order valence-electron chi connectivity index (χ1n) is 5.91. The molecule has 2 rings (SSSR count). The standard InChI is InChI=1S/C13H18N4O/c1-10(11-6-4-5-7-12(11)18-3)14-8-13-16-15-9-17(13)2/h4-7,9-10,14H,8H2,1-3H3. The van der Waals surface area contributed by atoms with Gasteiger partial charge in [-0.25, -0.2) is 0 Å². The van der Waals surface area contributed by atoms with E-state index >= 15 is 0 Å². The maximum Gasteiger partial charge on any atom is 0.146 e. The van der Waals surface area contributed by atoms with Gasteiger partial charge in [0.2, 0.25) is 0 Å². The van der Waals surface area contributed by atoms with Crippen LogP contribution in [0.4, 0.5) is 0 Å². The summed E-state index contributed by atoms with van der Waals surface area (Å²) in [6.45, 7) is 2.78. The molecule has 1 atom stereocenters. The summed E-state index contributed by atoms with van der Waals surface area (Å²) in [6, 6.07) is 8.21. The minimum absolute atomic E-state index is 0.192. The molecule has 0 amide bonds. The number of aromatic nitrogens is 3. The van der Waals surface area contributed by atoms with Crippen LogP contribution in [-0.4, -0.2) is 21.9 Å². The van der Waals surface area contributed by atoms with Crippen LogP contribution in [0, 0.1) is 0 Å². The molecule has 5 nitrogen and oxygen atoms in total. The third-order valence-corrected chi connectivity index (χ3v) is 2.98. The van der Waals surface area contributed by atoms with E-state index in [1.807, 2.05) is 29.8 Å². The monoisotopic (exact) mass is 246 g/mol. The van der Waals surface area contributed by atoms with E-state index in [2.05, 4.69) is 28.5 Å². The fourth-order valence-electron chi connectivity index (χ4n) is 1.85. The Balaban J connectivity index is 2.03. The van der Waals surface area contributed by atoms with E-state index in [9.17, 15) is 0 Å². The van der Waals surface area contributed by atoms with Crippen LogP contribution in [0.1, 0.15) is 24.4 Å². The zero-order chi connectivity index (χ0) is 13.0. The highest BCUT2D eigenvalue weighted by Gasteiger charge is 2.11. The van der Waals surface area contributed by atoms with E-state index in [4.69, 9.17) is 4.74 Å². The van der Waals surface area contributed by atoms with Crippen molar-refractivity contribution in [1.82, 2.24) is 20.1 Å². The third kappa shape index (κ3) is 2.68. The van der Waals surface area contributed by atoms with Gasteiger partial charge < -0.3 is 14.6 Å². The van der Waals surface area contributed by atoms with Gasteiger partial charge >= 0.3 is 0 Å². The highest BCUT2D eigenvalue weighted by Crippen LogP contribution is 2.24. The molecule has 0 aliphatic rings. The summed E-state index contributed by atoms with van der Waals surface area (Å²) in [5.41, 5.74) is 1.14. The number of hydrogen-bond acceptors (Lipinski definition) is 4. The first-order chi connectivity index (χ1) is 8.72. The molecule has 0 saturated heterocycles. The zero-order valence-corrected chi connectivity index (χ0v) is 10.9. The van der Waals surface area contributed by atoms with E-state index < -0.39 is 0 Å². The Morgan fingerprint density at radius 1 is 1.39 bits per heavy atom. The van der Waals surface area contributed by atoms with Crippen LogP contribution in [0.15, 0.2) is 30.6 Å². The topological polar surface area (TPSA) is 52.0 Å². The highest BCUT2D eigenvalue weighted by atomic mass is 16.5. The van der Waals surface area contributed by atoms with Gasteiger partial charge in [-0.2, -0.15) is 0 Å². The van der Waals surface area contributed by atoms with Crippen molar-refractivity contribution in [2.75, 3.05) is 7.11 Å². The van der Waals surface area contributed by atoms with Crippen LogP contribution in [0.2, 0.25) is 0 Å². The summed E-state index contributed by atoms with van der Waals surface area (Å²) >= 11 is 0. The molecular weight excluding hydrogens is 228 g/mol. The lowest BCUT2D eigenvalue weighted by molar-refractivity contribution is 0.401. The first-order valence-corrected chi connectivity index (χ1v) is 5.91. The number of rotatable bonds is 5. The summed E-state index contributed by atoms with van der Waals surface area (Å²) < 4.78 is 7.26. The number of aryl methyl sites for hydroxylation is 1. The summed E-state index contributed by atoms with van der Waals surface area (Å²) in [7, 11) is 3.62. The van der Waals surface area contributed by atoms with Gasteiger partial charge in [-0.05, 0) is 13.0 Å². The number of nitrogens with one attached hydrogen (secondary N) is 1. The molecule has 0 spiro atoms. The van der Waals surface area contributed by atoms with Gasteiger partial charge in [0.05, 0.1) is 13.7 Å². The molecule has 1 unspecified atom stereocenters. The van der Waals surface area contributed by atoms with E-state index in [0.717, 1.165) is 17.1 Å². The van der Waals surface area contributed by atoms with Gasteiger partial charge in [0.15, 0.2) is 0 Å². The van der Waals surface area contributed by atoms with E-state index in [-0.39, 0.29) is 6.04 Å². The summed E-state index contributed by atoms with van der Waals surface area (Å²) in [5.74, 6) is 1.81. The molecule has 0 aliphatic carbocycles. The molecule has 0 bridgehead atoms. The van der Waals surface area contributed by atoms with Crippen LogP contribution < -0.4 is 10.1 Å². The van der Waals surface area contributed by atoms with Crippen molar-refractivity contribution < 1.29 is 4.74 Å². The van der Waals surface area contributed by atoms with Gasteiger partial charge in [0.25, 0.3) is 0 Å². The lowest BCUT2D eigenvalue weighted by atomic mass is 10.1. The molecule has 96 valence electrons. The lowest BCUT2D eigenvalue weighted by Gasteiger charge is -2.16.